The van der Waals surface area contributed by atoms with Crippen LogP contribution >= 0.6 is 0 Å². The van der Waals surface area contributed by atoms with Crippen LogP contribution in [0.4, 0.5) is 0 Å². The van der Waals surface area contributed by atoms with E-state index in [4.69, 9.17) is 9.47 Å². The fraction of sp³-hybridized carbons (Fsp3) is 0.182. The number of nitrogens with zero attached hydrogens (tertiary/aromatic N) is 1. The van der Waals surface area contributed by atoms with Crippen LogP contribution in [0.1, 0.15) is 36.6 Å². The van der Waals surface area contributed by atoms with Crippen molar-refractivity contribution in [3.63, 3.8) is 0 Å². The van der Waals surface area contributed by atoms with Crippen LogP contribution in [0.15, 0.2) is 55.1 Å². The van der Waals surface area contributed by atoms with Crippen molar-refractivity contribution in [2.45, 2.75) is 6.54 Å². The number of methoxy groups -OCH3 is 1. The molecular formula is C22H20N2O6. The first kappa shape index (κ1) is 20.8. The topological polar surface area (TPSA) is 102 Å². The van der Waals surface area contributed by atoms with Crippen molar-refractivity contribution in [2.75, 3.05) is 20.3 Å². The fourth-order valence-electron chi connectivity index (χ4n) is 3.02. The lowest BCUT2D eigenvalue weighted by Crippen LogP contribution is -2.29. The second kappa shape index (κ2) is 9.04. The lowest BCUT2D eigenvalue weighted by molar-refractivity contribution is -0.124. The number of carbonyl (C=O) groups excluding carboxylic acids is 4. The van der Waals surface area contributed by atoms with Crippen LogP contribution in [0, 0.1) is 0 Å². The summed E-state index contributed by atoms with van der Waals surface area (Å²) in [5, 5.41) is 2.64. The van der Waals surface area contributed by atoms with Gasteiger partial charge in [-0.3, -0.25) is 19.3 Å². The quantitative estimate of drug-likeness (QED) is 0.407. The highest BCUT2D eigenvalue weighted by molar-refractivity contribution is 6.22. The third-order valence-corrected chi connectivity index (χ3v) is 4.52. The lowest BCUT2D eigenvalue weighted by Gasteiger charge is -2.10. The van der Waals surface area contributed by atoms with Gasteiger partial charge in [-0.25, -0.2) is 4.79 Å². The van der Waals surface area contributed by atoms with E-state index in [-0.39, 0.29) is 29.8 Å². The van der Waals surface area contributed by atoms with E-state index in [2.05, 4.69) is 11.9 Å². The maximum Gasteiger partial charge on any atom is 0.338 e. The Kier molecular flexibility index (Phi) is 6.26. The third kappa shape index (κ3) is 4.22. The van der Waals surface area contributed by atoms with Gasteiger partial charge < -0.3 is 14.8 Å². The van der Waals surface area contributed by atoms with E-state index in [0.29, 0.717) is 5.75 Å². The number of esters is 1. The number of amides is 3. The zero-order valence-electron chi connectivity index (χ0n) is 16.3. The second-order valence-electron chi connectivity index (χ2n) is 6.43. The van der Waals surface area contributed by atoms with Gasteiger partial charge in [-0.1, -0.05) is 24.3 Å². The van der Waals surface area contributed by atoms with Gasteiger partial charge in [0, 0.05) is 18.7 Å². The van der Waals surface area contributed by atoms with Crippen molar-refractivity contribution in [3.05, 3.63) is 77.4 Å². The maximum absolute atomic E-state index is 12.3. The first-order chi connectivity index (χ1) is 14.5. The van der Waals surface area contributed by atoms with E-state index < -0.39 is 30.3 Å². The van der Waals surface area contributed by atoms with Crippen LogP contribution in [-0.2, 0) is 16.1 Å². The van der Waals surface area contributed by atoms with Gasteiger partial charge in [0.15, 0.2) is 6.61 Å². The highest BCUT2D eigenvalue weighted by atomic mass is 16.5. The molecule has 0 aromatic heterocycles. The average Bonchev–Trinajstić information content (AvgIpc) is 3.00. The van der Waals surface area contributed by atoms with Crippen molar-refractivity contribution in [1.82, 2.24) is 10.2 Å². The number of carbonyl (C=O) groups is 4. The van der Waals surface area contributed by atoms with Gasteiger partial charge in [0.05, 0.1) is 23.8 Å². The summed E-state index contributed by atoms with van der Waals surface area (Å²) in [5.74, 6) is -1.56. The van der Waals surface area contributed by atoms with Gasteiger partial charge in [-0.2, -0.15) is 0 Å². The van der Waals surface area contributed by atoms with E-state index in [9.17, 15) is 19.2 Å². The van der Waals surface area contributed by atoms with Crippen molar-refractivity contribution < 1.29 is 28.7 Å². The number of fused-ring (bicyclic) bond motifs is 1. The van der Waals surface area contributed by atoms with Gasteiger partial charge in [0.2, 0.25) is 0 Å². The fourth-order valence-corrected chi connectivity index (χ4v) is 3.02. The van der Waals surface area contributed by atoms with Crippen LogP contribution in [-0.4, -0.2) is 48.9 Å². The molecule has 0 bridgehead atoms. The molecule has 0 saturated carbocycles. The first-order valence-corrected chi connectivity index (χ1v) is 9.13. The molecule has 1 N–H and O–H groups in total. The average molecular weight is 408 g/mol. The van der Waals surface area contributed by atoms with Crippen molar-refractivity contribution in [3.8, 4) is 5.75 Å². The molecule has 0 unspecified atom stereocenters. The summed E-state index contributed by atoms with van der Waals surface area (Å²) in [6, 6.07) is 11.3. The highest BCUT2D eigenvalue weighted by Gasteiger charge is 2.35. The molecule has 8 nitrogen and oxygen atoms in total. The van der Waals surface area contributed by atoms with Gasteiger partial charge in [0.1, 0.15) is 5.75 Å². The number of imide groups is 1. The van der Waals surface area contributed by atoms with E-state index in [1.54, 1.807) is 6.07 Å². The number of benzene rings is 2. The summed E-state index contributed by atoms with van der Waals surface area (Å²) in [5.41, 5.74) is 1.20. The van der Waals surface area contributed by atoms with Crippen LogP contribution in [0.3, 0.4) is 0 Å². The number of rotatable bonds is 8. The summed E-state index contributed by atoms with van der Waals surface area (Å²) < 4.78 is 10.2. The molecule has 8 heteroatoms. The zero-order valence-corrected chi connectivity index (χ0v) is 16.3. The minimum Gasteiger partial charge on any atom is -0.496 e. The van der Waals surface area contributed by atoms with Crippen LogP contribution < -0.4 is 10.1 Å². The Hall–Kier alpha value is -3.94. The molecule has 2 aromatic carbocycles. The molecule has 1 heterocycles. The van der Waals surface area contributed by atoms with Gasteiger partial charge >= 0.3 is 5.97 Å². The number of para-hydroxylation sites is 1. The largest absolute Gasteiger partial charge is 0.496 e. The predicted octanol–water partition coefficient (Wildman–Crippen LogP) is 1.95. The smallest absolute Gasteiger partial charge is 0.338 e. The van der Waals surface area contributed by atoms with Crippen molar-refractivity contribution in [2.24, 2.45) is 0 Å². The number of hydrogen-bond donors (Lipinski definition) is 1. The van der Waals surface area contributed by atoms with Crippen molar-refractivity contribution in [1.29, 1.82) is 0 Å². The Bertz CT molecular complexity index is 1030. The Morgan fingerprint density at radius 2 is 1.83 bits per heavy atom. The maximum atomic E-state index is 12.3. The van der Waals surface area contributed by atoms with Crippen LogP contribution in [0.2, 0.25) is 0 Å². The van der Waals surface area contributed by atoms with Crippen LogP contribution in [0.5, 0.6) is 5.75 Å². The first-order valence-electron chi connectivity index (χ1n) is 9.13. The summed E-state index contributed by atoms with van der Waals surface area (Å²) in [4.78, 5) is 49.9. The van der Waals surface area contributed by atoms with Crippen LogP contribution in [0.25, 0.3) is 0 Å². The van der Waals surface area contributed by atoms with Gasteiger partial charge in [-0.05, 0) is 24.3 Å². The molecule has 3 rings (SSSR count). The number of nitrogens with one attached hydrogen (secondary N) is 1. The van der Waals surface area contributed by atoms with Crippen molar-refractivity contribution >= 4 is 23.7 Å². The normalized spacial score (nSPS) is 12.4. The molecule has 0 saturated heterocycles. The Morgan fingerprint density at radius 1 is 1.10 bits per heavy atom. The SMILES string of the molecule is C=CCN1C(=O)c2ccc(C(=O)OCC(=O)NCc3ccccc3OC)cc2C1=O. The Balaban J connectivity index is 1.58. The molecule has 0 radical (unpaired) electrons. The minimum absolute atomic E-state index is 0.0767. The molecule has 0 spiro atoms. The summed E-state index contributed by atoms with van der Waals surface area (Å²) in [6.07, 6.45) is 1.44. The summed E-state index contributed by atoms with van der Waals surface area (Å²) >= 11 is 0. The Morgan fingerprint density at radius 3 is 2.57 bits per heavy atom. The van der Waals surface area contributed by atoms with E-state index in [1.807, 2.05) is 18.2 Å². The molecular weight excluding hydrogens is 388 g/mol. The highest BCUT2D eigenvalue weighted by Crippen LogP contribution is 2.24. The molecule has 3 amide bonds. The molecule has 0 atom stereocenters. The van der Waals surface area contributed by atoms with Gasteiger partial charge in [-0.15, -0.1) is 6.58 Å². The number of ether oxygens (including phenoxy) is 2. The van der Waals surface area contributed by atoms with E-state index in [1.165, 1.54) is 31.4 Å². The minimum atomic E-state index is -0.771. The molecule has 0 fully saturated rings. The zero-order chi connectivity index (χ0) is 21.7. The second-order valence-corrected chi connectivity index (χ2v) is 6.43. The standard InChI is InChI=1S/C22H20N2O6/c1-3-10-24-20(26)16-9-8-14(11-17(16)21(24)27)22(28)30-13-19(25)23-12-15-6-4-5-7-18(15)29-2/h3-9,11H,1,10,12-13H2,2H3,(H,23,25). The van der Waals surface area contributed by atoms with Gasteiger partial charge in [0.25, 0.3) is 17.7 Å². The molecule has 30 heavy (non-hydrogen) atoms. The molecule has 0 aliphatic carbocycles. The molecule has 1 aliphatic heterocycles. The van der Waals surface area contributed by atoms with E-state index in [0.717, 1.165) is 10.5 Å². The Labute approximate surface area is 173 Å². The molecule has 2 aromatic rings. The monoisotopic (exact) mass is 408 g/mol. The summed E-state index contributed by atoms with van der Waals surface area (Å²) in [7, 11) is 1.54. The number of hydrogen-bond acceptors (Lipinski definition) is 6. The molecule has 1 aliphatic rings. The molecule has 154 valence electrons. The third-order valence-electron chi connectivity index (χ3n) is 4.52. The lowest BCUT2D eigenvalue weighted by atomic mass is 10.1. The predicted molar refractivity (Wildman–Crippen MR) is 107 cm³/mol. The summed E-state index contributed by atoms with van der Waals surface area (Å²) in [6.45, 7) is 3.33. The van der Waals surface area contributed by atoms with E-state index >= 15 is 0 Å².